The van der Waals surface area contributed by atoms with Crippen LogP contribution in [-0.2, 0) is 6.54 Å². The van der Waals surface area contributed by atoms with Gasteiger partial charge in [-0.05, 0) is 27.1 Å². The lowest BCUT2D eigenvalue weighted by Gasteiger charge is -2.09. The van der Waals surface area contributed by atoms with Crippen LogP contribution in [0.3, 0.4) is 0 Å². The van der Waals surface area contributed by atoms with Crippen LogP contribution in [0, 0.1) is 6.92 Å². The molecule has 0 saturated heterocycles. The minimum atomic E-state index is -0.355. The Morgan fingerprint density at radius 3 is 2.82 bits per heavy atom. The largest absolute Gasteiger partial charge is 0.451 e. The van der Waals surface area contributed by atoms with Gasteiger partial charge in [-0.1, -0.05) is 18.2 Å². The van der Waals surface area contributed by atoms with E-state index < -0.39 is 0 Å². The molecule has 2 heterocycles. The van der Waals surface area contributed by atoms with E-state index in [1.54, 1.807) is 6.92 Å². The monoisotopic (exact) mass is 299 g/mol. The number of aromatic amines is 1. The summed E-state index contributed by atoms with van der Waals surface area (Å²) in [5.41, 5.74) is 1.54. The van der Waals surface area contributed by atoms with E-state index in [1.807, 2.05) is 43.3 Å². The SMILES string of the molecule is Cc1nc(NC(=O)c2oc3ccccc3c2CN(C)C)n[nH]1. The van der Waals surface area contributed by atoms with Crippen molar-refractivity contribution in [1.29, 1.82) is 0 Å². The molecule has 1 amide bonds. The molecule has 0 fully saturated rings. The van der Waals surface area contributed by atoms with Crippen molar-refractivity contribution in [2.24, 2.45) is 0 Å². The first kappa shape index (κ1) is 14.3. The summed E-state index contributed by atoms with van der Waals surface area (Å²) in [6.45, 7) is 2.37. The molecule has 0 aliphatic rings. The van der Waals surface area contributed by atoms with Crippen LogP contribution < -0.4 is 5.32 Å². The number of aryl methyl sites for hydroxylation is 1. The van der Waals surface area contributed by atoms with E-state index in [9.17, 15) is 4.79 Å². The van der Waals surface area contributed by atoms with Gasteiger partial charge in [-0.2, -0.15) is 4.98 Å². The van der Waals surface area contributed by atoms with Gasteiger partial charge in [0.1, 0.15) is 11.4 Å². The fraction of sp³-hybridized carbons (Fsp3) is 0.267. The molecule has 2 N–H and O–H groups in total. The third-order valence-corrected chi connectivity index (χ3v) is 3.20. The number of para-hydroxylation sites is 1. The van der Waals surface area contributed by atoms with Crippen LogP contribution in [0.4, 0.5) is 5.95 Å². The fourth-order valence-electron chi connectivity index (χ4n) is 2.31. The van der Waals surface area contributed by atoms with Gasteiger partial charge in [-0.25, -0.2) is 0 Å². The lowest BCUT2D eigenvalue weighted by molar-refractivity contribution is 0.0995. The second-order valence-electron chi connectivity index (χ2n) is 5.34. The number of benzene rings is 1. The smallest absolute Gasteiger partial charge is 0.294 e. The molecule has 0 spiro atoms. The predicted molar refractivity (Wildman–Crippen MR) is 82.7 cm³/mol. The summed E-state index contributed by atoms with van der Waals surface area (Å²) in [4.78, 5) is 18.5. The van der Waals surface area contributed by atoms with Crippen LogP contribution in [-0.4, -0.2) is 40.1 Å². The van der Waals surface area contributed by atoms with E-state index in [-0.39, 0.29) is 17.6 Å². The Morgan fingerprint density at radius 2 is 2.14 bits per heavy atom. The van der Waals surface area contributed by atoms with E-state index in [0.717, 1.165) is 10.9 Å². The maximum atomic E-state index is 12.5. The highest BCUT2D eigenvalue weighted by Crippen LogP contribution is 2.27. The van der Waals surface area contributed by atoms with E-state index >= 15 is 0 Å². The molecule has 1 aromatic carbocycles. The second-order valence-corrected chi connectivity index (χ2v) is 5.34. The number of H-pyrrole nitrogens is 1. The zero-order valence-electron chi connectivity index (χ0n) is 12.7. The molecule has 3 aromatic rings. The van der Waals surface area contributed by atoms with Crippen LogP contribution in [0.2, 0.25) is 0 Å². The van der Waals surface area contributed by atoms with Gasteiger partial charge in [0.25, 0.3) is 5.91 Å². The molecule has 114 valence electrons. The van der Waals surface area contributed by atoms with Crippen molar-refractivity contribution in [1.82, 2.24) is 20.1 Å². The summed E-state index contributed by atoms with van der Waals surface area (Å²) in [6, 6.07) is 7.61. The number of amides is 1. The normalized spacial score (nSPS) is 11.3. The lowest BCUT2D eigenvalue weighted by atomic mass is 10.1. The number of carbonyl (C=O) groups excluding carboxylic acids is 1. The molecular formula is C15H17N5O2. The van der Waals surface area contributed by atoms with Gasteiger partial charge < -0.3 is 9.32 Å². The molecule has 0 atom stereocenters. The Bertz CT molecular complexity index is 818. The van der Waals surface area contributed by atoms with Crippen molar-refractivity contribution in [3.8, 4) is 0 Å². The zero-order chi connectivity index (χ0) is 15.7. The van der Waals surface area contributed by atoms with Gasteiger partial charge in [0, 0.05) is 17.5 Å². The van der Waals surface area contributed by atoms with Gasteiger partial charge in [0.05, 0.1) is 0 Å². The Balaban J connectivity index is 1.99. The van der Waals surface area contributed by atoms with Crippen LogP contribution >= 0.6 is 0 Å². The molecule has 3 rings (SSSR count). The third kappa shape index (κ3) is 2.71. The summed E-state index contributed by atoms with van der Waals surface area (Å²) in [7, 11) is 3.89. The summed E-state index contributed by atoms with van der Waals surface area (Å²) in [6.07, 6.45) is 0. The summed E-state index contributed by atoms with van der Waals surface area (Å²) in [5, 5.41) is 10.2. The van der Waals surface area contributed by atoms with Gasteiger partial charge >= 0.3 is 0 Å². The van der Waals surface area contributed by atoms with Crippen molar-refractivity contribution in [3.63, 3.8) is 0 Å². The molecule has 7 heteroatoms. The number of fused-ring (bicyclic) bond motifs is 1. The number of hydrogen-bond donors (Lipinski definition) is 2. The Labute approximate surface area is 127 Å². The number of aromatic nitrogens is 3. The predicted octanol–water partition coefficient (Wildman–Crippen LogP) is 2.17. The molecule has 0 unspecified atom stereocenters. The molecule has 2 aromatic heterocycles. The summed E-state index contributed by atoms with van der Waals surface area (Å²) < 4.78 is 5.74. The maximum absolute atomic E-state index is 12.5. The molecule has 22 heavy (non-hydrogen) atoms. The number of rotatable bonds is 4. The van der Waals surface area contributed by atoms with Crippen molar-refractivity contribution < 1.29 is 9.21 Å². The van der Waals surface area contributed by atoms with E-state index in [2.05, 4.69) is 20.5 Å². The van der Waals surface area contributed by atoms with Gasteiger partial charge in [0.2, 0.25) is 5.95 Å². The average molecular weight is 299 g/mol. The molecule has 0 aliphatic carbocycles. The first-order chi connectivity index (χ1) is 10.5. The van der Waals surface area contributed by atoms with E-state index in [0.29, 0.717) is 18.0 Å². The number of nitrogens with zero attached hydrogens (tertiary/aromatic N) is 3. The number of carbonyl (C=O) groups is 1. The highest BCUT2D eigenvalue weighted by atomic mass is 16.3. The summed E-state index contributed by atoms with van der Waals surface area (Å²) >= 11 is 0. The van der Waals surface area contributed by atoms with Crippen molar-refractivity contribution in [3.05, 3.63) is 41.4 Å². The molecule has 7 nitrogen and oxygen atoms in total. The molecular weight excluding hydrogens is 282 g/mol. The maximum Gasteiger partial charge on any atom is 0.294 e. The lowest BCUT2D eigenvalue weighted by Crippen LogP contribution is -2.17. The molecule has 0 aliphatic heterocycles. The Kier molecular flexibility index (Phi) is 3.64. The fourth-order valence-corrected chi connectivity index (χ4v) is 2.31. The highest BCUT2D eigenvalue weighted by molar-refractivity contribution is 6.05. The first-order valence-electron chi connectivity index (χ1n) is 6.90. The number of hydrogen-bond acceptors (Lipinski definition) is 5. The van der Waals surface area contributed by atoms with Gasteiger partial charge in [0.15, 0.2) is 5.76 Å². The molecule has 0 radical (unpaired) electrons. The minimum Gasteiger partial charge on any atom is -0.451 e. The van der Waals surface area contributed by atoms with Crippen LogP contribution in [0.15, 0.2) is 28.7 Å². The Hall–Kier alpha value is -2.67. The van der Waals surface area contributed by atoms with Crippen molar-refractivity contribution in [2.45, 2.75) is 13.5 Å². The zero-order valence-corrected chi connectivity index (χ0v) is 12.7. The minimum absolute atomic E-state index is 0.235. The van der Waals surface area contributed by atoms with Crippen molar-refractivity contribution in [2.75, 3.05) is 19.4 Å². The first-order valence-corrected chi connectivity index (χ1v) is 6.90. The summed E-state index contributed by atoms with van der Waals surface area (Å²) in [5.74, 6) is 0.802. The number of furan rings is 1. The van der Waals surface area contributed by atoms with Crippen molar-refractivity contribution >= 4 is 22.8 Å². The van der Waals surface area contributed by atoms with Crippen LogP contribution in [0.5, 0.6) is 0 Å². The average Bonchev–Trinajstić information content (AvgIpc) is 3.03. The molecule has 0 saturated carbocycles. The standard InChI is InChI=1S/C15H17N5O2/c1-9-16-15(19-18-9)17-14(21)13-11(8-20(2)3)10-6-4-5-7-12(10)22-13/h4-7H,8H2,1-3H3,(H2,16,17,18,19,21). The quantitative estimate of drug-likeness (QED) is 0.771. The highest BCUT2D eigenvalue weighted by Gasteiger charge is 2.21. The number of anilines is 1. The number of nitrogens with one attached hydrogen (secondary N) is 2. The second kappa shape index (κ2) is 5.61. The van der Waals surface area contributed by atoms with Gasteiger partial charge in [-0.3, -0.25) is 15.2 Å². The van der Waals surface area contributed by atoms with Gasteiger partial charge in [-0.15, -0.1) is 5.10 Å². The third-order valence-electron chi connectivity index (χ3n) is 3.20. The molecule has 0 bridgehead atoms. The van der Waals surface area contributed by atoms with Crippen LogP contribution in [0.25, 0.3) is 11.0 Å². The van der Waals surface area contributed by atoms with Crippen LogP contribution in [0.1, 0.15) is 21.9 Å². The van der Waals surface area contributed by atoms with E-state index in [4.69, 9.17) is 4.42 Å². The van der Waals surface area contributed by atoms with E-state index in [1.165, 1.54) is 0 Å². The topological polar surface area (TPSA) is 87.1 Å². The Morgan fingerprint density at radius 1 is 1.36 bits per heavy atom.